The van der Waals surface area contributed by atoms with Crippen LogP contribution in [0.25, 0.3) is 5.70 Å². The van der Waals surface area contributed by atoms with E-state index in [0.717, 1.165) is 11.8 Å². The Morgan fingerprint density at radius 3 is 2.75 bits per heavy atom. The minimum absolute atomic E-state index is 0.460. The summed E-state index contributed by atoms with van der Waals surface area (Å²) >= 11 is 0. The molecule has 4 heteroatoms. The van der Waals surface area contributed by atoms with Gasteiger partial charge in [0, 0.05) is 23.7 Å². The number of allylic oxidation sites excluding steroid dienone is 1. The number of rotatable bonds is 2. The fourth-order valence-corrected chi connectivity index (χ4v) is 0.762. The van der Waals surface area contributed by atoms with E-state index in [2.05, 4.69) is 4.98 Å². The van der Waals surface area contributed by atoms with Crippen LogP contribution in [0.5, 0.6) is 0 Å². The molecule has 1 heterocycles. The average Bonchev–Trinajstić information content (AvgIpc) is 2.06. The molecule has 0 bridgehead atoms. The lowest BCUT2D eigenvalue weighted by Crippen LogP contribution is -1.98. The van der Waals surface area contributed by atoms with Crippen LogP contribution in [0.1, 0.15) is 5.56 Å². The van der Waals surface area contributed by atoms with Crippen molar-refractivity contribution in [3.05, 3.63) is 30.0 Å². The third-order valence-electron chi connectivity index (χ3n) is 1.38. The summed E-state index contributed by atoms with van der Waals surface area (Å²) in [5.74, 6) is 0.460. The second-order valence-electron chi connectivity index (χ2n) is 2.26. The third kappa shape index (κ3) is 1.82. The van der Waals surface area contributed by atoms with E-state index in [1.54, 1.807) is 18.3 Å². The first-order valence-corrected chi connectivity index (χ1v) is 3.42. The van der Waals surface area contributed by atoms with Crippen LogP contribution in [0.2, 0.25) is 0 Å². The lowest BCUT2D eigenvalue weighted by atomic mass is 10.2. The van der Waals surface area contributed by atoms with Crippen molar-refractivity contribution in [3.63, 3.8) is 0 Å². The topological polar surface area (TPSA) is 88.8 Å². The molecule has 5 N–H and O–H groups in total. The number of hydrogen-bond acceptors (Lipinski definition) is 4. The highest BCUT2D eigenvalue weighted by Gasteiger charge is 1.94. The van der Waals surface area contributed by atoms with Crippen LogP contribution in [0, 0.1) is 5.41 Å². The van der Waals surface area contributed by atoms with Crippen molar-refractivity contribution in [1.29, 1.82) is 5.41 Å². The molecule has 0 aliphatic carbocycles. The summed E-state index contributed by atoms with van der Waals surface area (Å²) in [5.41, 5.74) is 12.3. The maximum absolute atomic E-state index is 6.80. The summed E-state index contributed by atoms with van der Waals surface area (Å²) in [5, 5.41) is 6.80. The van der Waals surface area contributed by atoms with Crippen molar-refractivity contribution in [2.75, 3.05) is 5.73 Å². The number of hydrogen-bond donors (Lipinski definition) is 3. The number of aromatic nitrogens is 1. The Balaban J connectivity index is 2.97. The number of nitrogens with two attached hydrogens (primary N) is 2. The number of nitrogen functional groups attached to an aromatic ring is 1. The molecule has 0 aliphatic rings. The highest BCUT2D eigenvalue weighted by atomic mass is 14.8. The largest absolute Gasteiger partial charge is 0.398 e. The van der Waals surface area contributed by atoms with Crippen LogP contribution in [-0.2, 0) is 0 Å². The van der Waals surface area contributed by atoms with Crippen molar-refractivity contribution >= 4 is 17.7 Å². The van der Waals surface area contributed by atoms with Gasteiger partial charge in [0.15, 0.2) is 0 Å². The normalized spacial score (nSPS) is 11.2. The maximum atomic E-state index is 6.80. The van der Waals surface area contributed by atoms with E-state index in [0.29, 0.717) is 11.5 Å². The molecule has 0 unspecified atom stereocenters. The van der Waals surface area contributed by atoms with E-state index in [4.69, 9.17) is 16.9 Å². The molecule has 1 aromatic heterocycles. The van der Waals surface area contributed by atoms with Gasteiger partial charge in [-0.15, -0.1) is 0 Å². The zero-order valence-corrected chi connectivity index (χ0v) is 6.49. The predicted octanol–water partition coefficient (Wildman–Crippen LogP) is 0.613. The fourth-order valence-electron chi connectivity index (χ4n) is 0.762. The minimum atomic E-state index is 0.460. The monoisotopic (exact) mass is 162 g/mol. The van der Waals surface area contributed by atoms with Crippen molar-refractivity contribution in [2.45, 2.75) is 0 Å². The molecule has 0 saturated heterocycles. The van der Waals surface area contributed by atoms with E-state index in [-0.39, 0.29) is 0 Å². The molecular weight excluding hydrogens is 152 g/mol. The van der Waals surface area contributed by atoms with Crippen LogP contribution in [0.4, 0.5) is 5.82 Å². The van der Waals surface area contributed by atoms with Crippen molar-refractivity contribution in [2.24, 2.45) is 5.73 Å². The van der Waals surface area contributed by atoms with Gasteiger partial charge in [0.05, 0.1) is 0 Å². The molecule has 62 valence electrons. The van der Waals surface area contributed by atoms with E-state index in [1.807, 2.05) is 0 Å². The third-order valence-corrected chi connectivity index (χ3v) is 1.38. The van der Waals surface area contributed by atoms with Gasteiger partial charge in [-0.2, -0.15) is 0 Å². The standard InChI is InChI=1S/C8H10N4/c9-4-3-7(10)6-1-2-8(11)12-5-6/h1-5,9H,10H2,(H2,11,12). The van der Waals surface area contributed by atoms with Gasteiger partial charge in [-0.25, -0.2) is 4.98 Å². The molecule has 0 aromatic carbocycles. The van der Waals surface area contributed by atoms with Crippen LogP contribution in [-0.4, -0.2) is 11.2 Å². The van der Waals surface area contributed by atoms with Gasteiger partial charge < -0.3 is 16.9 Å². The Labute approximate surface area is 70.4 Å². The second-order valence-corrected chi connectivity index (χ2v) is 2.26. The first-order chi connectivity index (χ1) is 5.74. The van der Waals surface area contributed by atoms with E-state index in [1.165, 1.54) is 6.08 Å². The van der Waals surface area contributed by atoms with Gasteiger partial charge in [-0.05, 0) is 18.2 Å². The SMILES string of the molecule is N=CC=C(N)c1ccc(N)nc1. The minimum Gasteiger partial charge on any atom is -0.398 e. The molecule has 0 spiro atoms. The van der Waals surface area contributed by atoms with Gasteiger partial charge in [0.25, 0.3) is 0 Å². The number of pyridine rings is 1. The first kappa shape index (κ1) is 8.26. The quantitative estimate of drug-likeness (QED) is 0.557. The molecule has 12 heavy (non-hydrogen) atoms. The van der Waals surface area contributed by atoms with Gasteiger partial charge >= 0.3 is 0 Å². The zero-order valence-electron chi connectivity index (χ0n) is 6.49. The Morgan fingerprint density at radius 2 is 2.25 bits per heavy atom. The molecular formula is C8H10N4. The Morgan fingerprint density at radius 1 is 1.50 bits per heavy atom. The zero-order chi connectivity index (χ0) is 8.97. The Bertz CT molecular complexity index is 299. The lowest BCUT2D eigenvalue weighted by molar-refractivity contribution is 1.31. The van der Waals surface area contributed by atoms with Crippen molar-refractivity contribution in [3.8, 4) is 0 Å². The summed E-state index contributed by atoms with van der Waals surface area (Å²) in [4.78, 5) is 3.86. The summed E-state index contributed by atoms with van der Waals surface area (Å²) in [6.45, 7) is 0. The fraction of sp³-hybridized carbons (Fsp3) is 0. The van der Waals surface area contributed by atoms with Crippen LogP contribution in [0.15, 0.2) is 24.4 Å². The summed E-state index contributed by atoms with van der Waals surface area (Å²) < 4.78 is 0. The second kappa shape index (κ2) is 3.52. The molecule has 0 saturated carbocycles. The van der Waals surface area contributed by atoms with Crippen molar-refractivity contribution in [1.82, 2.24) is 4.98 Å². The predicted molar refractivity (Wildman–Crippen MR) is 49.6 cm³/mol. The van der Waals surface area contributed by atoms with E-state index < -0.39 is 0 Å². The number of nitrogens with zero attached hydrogens (tertiary/aromatic N) is 1. The molecule has 0 fully saturated rings. The van der Waals surface area contributed by atoms with E-state index in [9.17, 15) is 0 Å². The molecule has 1 aromatic rings. The van der Waals surface area contributed by atoms with Crippen LogP contribution >= 0.6 is 0 Å². The van der Waals surface area contributed by atoms with Crippen molar-refractivity contribution < 1.29 is 0 Å². The number of nitrogens with one attached hydrogen (secondary N) is 1. The first-order valence-electron chi connectivity index (χ1n) is 3.42. The molecule has 4 nitrogen and oxygen atoms in total. The summed E-state index contributed by atoms with van der Waals surface area (Å²) in [7, 11) is 0. The smallest absolute Gasteiger partial charge is 0.123 e. The Kier molecular flexibility index (Phi) is 2.42. The highest BCUT2D eigenvalue weighted by molar-refractivity contribution is 5.81. The molecule has 0 aliphatic heterocycles. The van der Waals surface area contributed by atoms with Gasteiger partial charge in [-0.3, -0.25) is 0 Å². The van der Waals surface area contributed by atoms with Crippen LogP contribution < -0.4 is 11.5 Å². The van der Waals surface area contributed by atoms with E-state index >= 15 is 0 Å². The van der Waals surface area contributed by atoms with Gasteiger partial charge in [0.2, 0.25) is 0 Å². The van der Waals surface area contributed by atoms with Gasteiger partial charge in [-0.1, -0.05) is 0 Å². The van der Waals surface area contributed by atoms with Gasteiger partial charge in [0.1, 0.15) is 5.82 Å². The maximum Gasteiger partial charge on any atom is 0.123 e. The molecule has 0 amide bonds. The summed E-state index contributed by atoms with van der Waals surface area (Å²) in [6, 6.07) is 3.43. The van der Waals surface area contributed by atoms with Crippen LogP contribution in [0.3, 0.4) is 0 Å². The molecule has 0 radical (unpaired) electrons. The Hall–Kier alpha value is -1.84. The number of anilines is 1. The lowest BCUT2D eigenvalue weighted by Gasteiger charge is -1.99. The molecule has 1 rings (SSSR count). The average molecular weight is 162 g/mol. The summed E-state index contributed by atoms with van der Waals surface area (Å²) in [6.07, 6.45) is 4.20. The molecule has 0 atom stereocenters. The highest BCUT2D eigenvalue weighted by Crippen LogP contribution is 2.07.